The van der Waals surface area contributed by atoms with Crippen LogP contribution in [0.15, 0.2) is 24.3 Å². The van der Waals surface area contributed by atoms with E-state index in [4.69, 9.17) is 0 Å². The molecule has 0 saturated heterocycles. The molecule has 82 valence electrons. The molecule has 0 saturated carbocycles. The van der Waals surface area contributed by atoms with Crippen LogP contribution in [0.2, 0.25) is 0 Å². The number of carbonyl (C=O) groups excluding carboxylic acids is 1. The lowest BCUT2D eigenvalue weighted by molar-refractivity contribution is 0.230. The smallest absolute Gasteiger partial charge is 0.321 e. The molecule has 0 heterocycles. The van der Waals surface area contributed by atoms with Gasteiger partial charge in [0, 0.05) is 19.8 Å². The van der Waals surface area contributed by atoms with Gasteiger partial charge in [0.25, 0.3) is 0 Å². The molecule has 1 aromatic carbocycles. The number of amides is 2. The van der Waals surface area contributed by atoms with Gasteiger partial charge in [-0.2, -0.15) is 0 Å². The molecular formula is C12H18N2O. The molecule has 0 bridgehead atoms. The van der Waals surface area contributed by atoms with Gasteiger partial charge in [0.15, 0.2) is 0 Å². The second-order valence-corrected chi connectivity index (χ2v) is 3.77. The largest absolute Gasteiger partial charge is 0.331 e. The van der Waals surface area contributed by atoms with Gasteiger partial charge in [0.05, 0.1) is 0 Å². The summed E-state index contributed by atoms with van der Waals surface area (Å²) >= 11 is 0. The summed E-state index contributed by atoms with van der Waals surface area (Å²) in [5.74, 6) is 0. The summed E-state index contributed by atoms with van der Waals surface area (Å²) in [5, 5.41) is 2.80. The van der Waals surface area contributed by atoms with Crippen LogP contribution in [0.25, 0.3) is 0 Å². The average molecular weight is 206 g/mol. The van der Waals surface area contributed by atoms with E-state index >= 15 is 0 Å². The molecule has 1 aromatic rings. The molecule has 1 N–H and O–H groups in total. The number of rotatable bonds is 3. The Kier molecular flexibility index (Phi) is 4.16. The minimum absolute atomic E-state index is 0.0989. The fourth-order valence-corrected chi connectivity index (χ4v) is 1.28. The lowest BCUT2D eigenvalue weighted by Gasteiger charge is -2.12. The van der Waals surface area contributed by atoms with Crippen LogP contribution in [0.3, 0.4) is 0 Å². The van der Waals surface area contributed by atoms with Crippen molar-refractivity contribution in [3.8, 4) is 0 Å². The van der Waals surface area contributed by atoms with E-state index in [1.54, 1.807) is 14.1 Å². The molecule has 0 aromatic heterocycles. The van der Waals surface area contributed by atoms with E-state index in [1.807, 2.05) is 12.1 Å². The molecule has 2 amide bonds. The Bertz CT molecular complexity index is 317. The zero-order valence-electron chi connectivity index (χ0n) is 9.58. The van der Waals surface area contributed by atoms with Crippen LogP contribution in [0, 0.1) is 0 Å². The number of urea groups is 1. The van der Waals surface area contributed by atoms with Gasteiger partial charge in [-0.1, -0.05) is 25.5 Å². The number of benzene rings is 1. The van der Waals surface area contributed by atoms with E-state index in [-0.39, 0.29) is 6.03 Å². The van der Waals surface area contributed by atoms with E-state index in [2.05, 4.69) is 24.4 Å². The Hall–Kier alpha value is -1.51. The normalized spacial score (nSPS) is 9.80. The van der Waals surface area contributed by atoms with Crippen LogP contribution in [0.4, 0.5) is 10.5 Å². The molecule has 0 unspecified atom stereocenters. The van der Waals surface area contributed by atoms with Gasteiger partial charge >= 0.3 is 6.03 Å². The molecule has 0 atom stereocenters. The van der Waals surface area contributed by atoms with E-state index in [0.717, 1.165) is 18.5 Å². The van der Waals surface area contributed by atoms with Gasteiger partial charge < -0.3 is 10.2 Å². The molecule has 0 aliphatic carbocycles. The van der Waals surface area contributed by atoms with Crippen molar-refractivity contribution in [1.29, 1.82) is 0 Å². The highest BCUT2D eigenvalue weighted by Gasteiger charge is 2.02. The van der Waals surface area contributed by atoms with Gasteiger partial charge in [-0.15, -0.1) is 0 Å². The molecule has 3 heteroatoms. The van der Waals surface area contributed by atoms with Crippen molar-refractivity contribution in [2.24, 2.45) is 0 Å². The first-order valence-electron chi connectivity index (χ1n) is 5.20. The molecule has 0 aliphatic heterocycles. The molecule has 0 aliphatic rings. The summed E-state index contributed by atoms with van der Waals surface area (Å²) in [7, 11) is 3.45. The van der Waals surface area contributed by atoms with Gasteiger partial charge in [-0.3, -0.25) is 0 Å². The molecular weight excluding hydrogens is 188 g/mol. The molecule has 0 radical (unpaired) electrons. The molecule has 0 spiro atoms. The number of hydrogen-bond acceptors (Lipinski definition) is 1. The standard InChI is InChI=1S/C12H18N2O/c1-4-5-10-6-8-11(9-7-10)13-12(15)14(2)3/h6-9H,4-5H2,1-3H3,(H,13,15). The summed E-state index contributed by atoms with van der Waals surface area (Å²) in [4.78, 5) is 12.9. The third-order valence-electron chi connectivity index (χ3n) is 2.15. The van der Waals surface area contributed by atoms with Crippen molar-refractivity contribution in [3.63, 3.8) is 0 Å². The van der Waals surface area contributed by atoms with E-state index in [9.17, 15) is 4.79 Å². The predicted octanol–water partition coefficient (Wildman–Crippen LogP) is 2.73. The number of nitrogens with zero attached hydrogens (tertiary/aromatic N) is 1. The first-order chi connectivity index (χ1) is 7.13. The summed E-state index contributed by atoms with van der Waals surface area (Å²) in [6.45, 7) is 2.15. The molecule has 15 heavy (non-hydrogen) atoms. The van der Waals surface area contributed by atoms with Crippen LogP contribution in [-0.2, 0) is 6.42 Å². The first-order valence-corrected chi connectivity index (χ1v) is 5.20. The van der Waals surface area contributed by atoms with Crippen LogP contribution in [0.5, 0.6) is 0 Å². The van der Waals surface area contributed by atoms with Crippen molar-refractivity contribution in [2.45, 2.75) is 19.8 Å². The van der Waals surface area contributed by atoms with Crippen molar-refractivity contribution >= 4 is 11.7 Å². The Morgan fingerprint density at radius 1 is 1.27 bits per heavy atom. The highest BCUT2D eigenvalue weighted by atomic mass is 16.2. The predicted molar refractivity (Wildman–Crippen MR) is 63.1 cm³/mol. The lowest BCUT2D eigenvalue weighted by atomic mass is 10.1. The van der Waals surface area contributed by atoms with Crippen molar-refractivity contribution < 1.29 is 4.79 Å². The minimum Gasteiger partial charge on any atom is -0.331 e. The topological polar surface area (TPSA) is 32.3 Å². The number of anilines is 1. The summed E-state index contributed by atoms with van der Waals surface area (Å²) in [5.41, 5.74) is 2.15. The highest BCUT2D eigenvalue weighted by Crippen LogP contribution is 2.11. The Balaban J connectivity index is 2.60. The zero-order chi connectivity index (χ0) is 11.3. The minimum atomic E-state index is -0.0989. The van der Waals surface area contributed by atoms with E-state index < -0.39 is 0 Å². The number of aryl methyl sites for hydroxylation is 1. The van der Waals surface area contributed by atoms with Crippen LogP contribution >= 0.6 is 0 Å². The van der Waals surface area contributed by atoms with Crippen molar-refractivity contribution in [2.75, 3.05) is 19.4 Å². The van der Waals surface area contributed by atoms with Crippen molar-refractivity contribution in [3.05, 3.63) is 29.8 Å². The summed E-state index contributed by atoms with van der Waals surface area (Å²) < 4.78 is 0. The fourth-order valence-electron chi connectivity index (χ4n) is 1.28. The number of carbonyl (C=O) groups is 1. The fraction of sp³-hybridized carbons (Fsp3) is 0.417. The van der Waals surface area contributed by atoms with Crippen LogP contribution < -0.4 is 5.32 Å². The Morgan fingerprint density at radius 3 is 2.33 bits per heavy atom. The van der Waals surface area contributed by atoms with Crippen LogP contribution in [0.1, 0.15) is 18.9 Å². The highest BCUT2D eigenvalue weighted by molar-refractivity contribution is 5.88. The maximum Gasteiger partial charge on any atom is 0.321 e. The average Bonchev–Trinajstić information content (AvgIpc) is 2.21. The Labute approximate surface area is 91.1 Å². The summed E-state index contributed by atoms with van der Waals surface area (Å²) in [6, 6.07) is 7.88. The van der Waals surface area contributed by atoms with Gasteiger partial charge in [0.2, 0.25) is 0 Å². The molecule has 0 fully saturated rings. The monoisotopic (exact) mass is 206 g/mol. The lowest BCUT2D eigenvalue weighted by Crippen LogP contribution is -2.27. The second kappa shape index (κ2) is 5.39. The first kappa shape index (κ1) is 11.6. The van der Waals surface area contributed by atoms with Crippen LogP contribution in [-0.4, -0.2) is 25.0 Å². The molecule has 3 nitrogen and oxygen atoms in total. The molecule has 1 rings (SSSR count). The summed E-state index contributed by atoms with van der Waals surface area (Å²) in [6.07, 6.45) is 2.23. The SMILES string of the molecule is CCCc1ccc(NC(=O)N(C)C)cc1. The van der Waals surface area contributed by atoms with E-state index in [1.165, 1.54) is 10.5 Å². The van der Waals surface area contributed by atoms with Crippen molar-refractivity contribution in [1.82, 2.24) is 4.90 Å². The third-order valence-corrected chi connectivity index (χ3v) is 2.15. The number of nitrogens with one attached hydrogen (secondary N) is 1. The quantitative estimate of drug-likeness (QED) is 0.810. The third kappa shape index (κ3) is 3.62. The van der Waals surface area contributed by atoms with Gasteiger partial charge in [-0.25, -0.2) is 4.79 Å². The van der Waals surface area contributed by atoms with Gasteiger partial charge in [-0.05, 0) is 24.1 Å². The second-order valence-electron chi connectivity index (χ2n) is 3.77. The van der Waals surface area contributed by atoms with Gasteiger partial charge in [0.1, 0.15) is 0 Å². The maximum absolute atomic E-state index is 11.3. The Morgan fingerprint density at radius 2 is 1.87 bits per heavy atom. The number of hydrogen-bond donors (Lipinski definition) is 1. The zero-order valence-corrected chi connectivity index (χ0v) is 9.58. The van der Waals surface area contributed by atoms with E-state index in [0.29, 0.717) is 0 Å². The maximum atomic E-state index is 11.3.